The molecule has 0 aliphatic heterocycles. The number of hydrogen-bond acceptors (Lipinski definition) is 6. The highest BCUT2D eigenvalue weighted by atomic mass is 16.1. The molecule has 0 bridgehead atoms. The number of nitrogens with one attached hydrogen (secondary N) is 2. The lowest BCUT2D eigenvalue weighted by molar-refractivity contribution is 0.102. The van der Waals surface area contributed by atoms with Gasteiger partial charge in [-0.05, 0) is 36.4 Å². The Morgan fingerprint density at radius 3 is 2.17 bits per heavy atom. The second-order valence-corrected chi connectivity index (χ2v) is 4.48. The molecule has 1 amide bonds. The molecule has 0 aliphatic carbocycles. The van der Waals surface area contributed by atoms with Gasteiger partial charge in [-0.2, -0.15) is 15.8 Å². The van der Waals surface area contributed by atoms with Gasteiger partial charge in [0.05, 0.1) is 11.9 Å². The Morgan fingerprint density at radius 1 is 0.917 bits per heavy atom. The zero-order valence-corrected chi connectivity index (χ0v) is 12.3. The van der Waals surface area contributed by atoms with Gasteiger partial charge in [0.1, 0.15) is 23.9 Å². The van der Waals surface area contributed by atoms with Crippen LogP contribution in [0.3, 0.4) is 0 Å². The lowest BCUT2D eigenvalue weighted by Crippen LogP contribution is -2.12. The first-order valence-electron chi connectivity index (χ1n) is 6.71. The second kappa shape index (κ2) is 7.74. The number of benzene rings is 1. The van der Waals surface area contributed by atoms with Crippen molar-refractivity contribution in [2.45, 2.75) is 0 Å². The lowest BCUT2D eigenvalue weighted by Gasteiger charge is -2.07. The van der Waals surface area contributed by atoms with Crippen molar-refractivity contribution in [1.82, 2.24) is 4.98 Å². The molecule has 0 spiro atoms. The van der Waals surface area contributed by atoms with E-state index < -0.39 is 0 Å². The molecule has 0 radical (unpaired) electrons. The minimum absolute atomic E-state index is 0.146. The van der Waals surface area contributed by atoms with E-state index in [1.54, 1.807) is 60.8 Å². The fourth-order valence-electron chi connectivity index (χ4n) is 1.77. The van der Waals surface area contributed by atoms with E-state index in [4.69, 9.17) is 15.8 Å². The van der Waals surface area contributed by atoms with Gasteiger partial charge in [-0.15, -0.1) is 0 Å². The molecule has 0 saturated heterocycles. The van der Waals surface area contributed by atoms with Crippen molar-refractivity contribution in [2.24, 2.45) is 0 Å². The number of amides is 1. The molecule has 7 heteroatoms. The van der Waals surface area contributed by atoms with E-state index >= 15 is 0 Å². The van der Waals surface area contributed by atoms with Crippen LogP contribution in [-0.2, 0) is 0 Å². The number of allylic oxidation sites excluding steroid dienone is 2. The van der Waals surface area contributed by atoms with Gasteiger partial charge in [-0.1, -0.05) is 0 Å². The average molecular weight is 314 g/mol. The van der Waals surface area contributed by atoms with Crippen LogP contribution in [0, 0.1) is 34.0 Å². The summed E-state index contributed by atoms with van der Waals surface area (Å²) in [6, 6.07) is 14.7. The monoisotopic (exact) mass is 314 g/mol. The summed E-state index contributed by atoms with van der Waals surface area (Å²) < 4.78 is 0. The summed E-state index contributed by atoms with van der Waals surface area (Å²) >= 11 is 0. The van der Waals surface area contributed by atoms with Crippen molar-refractivity contribution in [3.05, 3.63) is 65.6 Å². The van der Waals surface area contributed by atoms with Crippen LogP contribution in [0.25, 0.3) is 0 Å². The highest BCUT2D eigenvalue weighted by molar-refractivity contribution is 6.04. The Labute approximate surface area is 138 Å². The molecule has 7 nitrogen and oxygen atoms in total. The van der Waals surface area contributed by atoms with Gasteiger partial charge in [0, 0.05) is 17.4 Å². The minimum Gasteiger partial charge on any atom is -0.345 e. The molecular formula is C17H10N6O. The summed E-state index contributed by atoms with van der Waals surface area (Å²) in [5.74, 6) is -0.305. The molecule has 2 rings (SSSR count). The molecule has 114 valence electrons. The number of pyridine rings is 1. The van der Waals surface area contributed by atoms with Crippen molar-refractivity contribution < 1.29 is 4.79 Å². The maximum atomic E-state index is 12.1. The van der Waals surface area contributed by atoms with E-state index in [1.165, 1.54) is 6.20 Å². The van der Waals surface area contributed by atoms with Gasteiger partial charge < -0.3 is 10.6 Å². The van der Waals surface area contributed by atoms with Gasteiger partial charge in [-0.3, -0.25) is 9.78 Å². The number of anilines is 2. The Balaban J connectivity index is 2.13. The predicted molar refractivity (Wildman–Crippen MR) is 86.1 cm³/mol. The van der Waals surface area contributed by atoms with Crippen molar-refractivity contribution >= 4 is 17.3 Å². The third kappa shape index (κ3) is 3.94. The van der Waals surface area contributed by atoms with Crippen molar-refractivity contribution in [3.8, 4) is 18.2 Å². The van der Waals surface area contributed by atoms with E-state index in [0.717, 1.165) is 0 Å². The maximum absolute atomic E-state index is 12.1. The topological polar surface area (TPSA) is 125 Å². The summed E-state index contributed by atoms with van der Waals surface area (Å²) in [6.07, 6.45) is 3.14. The molecule has 2 aromatic rings. The zero-order chi connectivity index (χ0) is 17.4. The molecule has 1 aromatic carbocycles. The van der Waals surface area contributed by atoms with Crippen molar-refractivity contribution in [3.63, 3.8) is 0 Å². The van der Waals surface area contributed by atoms with E-state index in [-0.39, 0.29) is 17.2 Å². The smallest absolute Gasteiger partial charge is 0.255 e. The van der Waals surface area contributed by atoms with Crippen molar-refractivity contribution in [1.29, 1.82) is 15.8 Å². The zero-order valence-electron chi connectivity index (χ0n) is 12.3. The van der Waals surface area contributed by atoms with Crippen LogP contribution in [-0.4, -0.2) is 10.9 Å². The van der Waals surface area contributed by atoms with Gasteiger partial charge in [0.2, 0.25) is 0 Å². The second-order valence-electron chi connectivity index (χ2n) is 4.48. The van der Waals surface area contributed by atoms with Gasteiger partial charge in [0.25, 0.3) is 5.91 Å². The van der Waals surface area contributed by atoms with Crippen LogP contribution in [0.4, 0.5) is 11.4 Å². The molecular weight excluding hydrogens is 304 g/mol. The largest absolute Gasteiger partial charge is 0.345 e. The Bertz CT molecular complexity index is 879. The normalized spacial score (nSPS) is 8.88. The van der Waals surface area contributed by atoms with Crippen LogP contribution in [0.1, 0.15) is 10.4 Å². The number of hydrogen-bond donors (Lipinski definition) is 2. The highest BCUT2D eigenvalue weighted by Gasteiger charge is 2.08. The summed E-state index contributed by atoms with van der Waals surface area (Å²) in [4.78, 5) is 16.0. The molecule has 0 aliphatic rings. The summed E-state index contributed by atoms with van der Waals surface area (Å²) in [5, 5.41) is 31.9. The Hall–Kier alpha value is -4.15. The fraction of sp³-hybridized carbons (Fsp3) is 0. The average Bonchev–Trinajstić information content (AvgIpc) is 2.63. The third-order valence-corrected chi connectivity index (χ3v) is 2.92. The predicted octanol–water partition coefficient (Wildman–Crippen LogP) is 2.57. The van der Waals surface area contributed by atoms with Gasteiger partial charge in [0.15, 0.2) is 5.57 Å². The first-order chi connectivity index (χ1) is 11.7. The molecule has 0 atom stereocenters. The van der Waals surface area contributed by atoms with Gasteiger partial charge >= 0.3 is 0 Å². The number of nitriles is 3. The van der Waals surface area contributed by atoms with Crippen LogP contribution in [0.5, 0.6) is 0 Å². The first-order valence-corrected chi connectivity index (χ1v) is 6.71. The number of carbonyl (C=O) groups excluding carboxylic acids is 1. The first kappa shape index (κ1) is 16.2. The van der Waals surface area contributed by atoms with Crippen LogP contribution in [0.15, 0.2) is 60.1 Å². The Morgan fingerprint density at radius 2 is 1.62 bits per heavy atom. The number of rotatable bonds is 4. The van der Waals surface area contributed by atoms with E-state index in [2.05, 4.69) is 15.6 Å². The lowest BCUT2D eigenvalue weighted by atomic mass is 10.1. The van der Waals surface area contributed by atoms with E-state index in [9.17, 15) is 4.79 Å². The van der Waals surface area contributed by atoms with Crippen LogP contribution in [0.2, 0.25) is 0 Å². The number of nitrogens with zero attached hydrogens (tertiary/aromatic N) is 4. The van der Waals surface area contributed by atoms with E-state index in [0.29, 0.717) is 16.9 Å². The van der Waals surface area contributed by atoms with Crippen LogP contribution < -0.4 is 10.6 Å². The Kier molecular flexibility index (Phi) is 5.23. The SMILES string of the molecule is N#CC(C#N)=C(C#N)Nc1ccc(C(=O)Nc2cccnc2)cc1. The molecule has 24 heavy (non-hydrogen) atoms. The molecule has 2 N–H and O–H groups in total. The maximum Gasteiger partial charge on any atom is 0.255 e. The third-order valence-electron chi connectivity index (χ3n) is 2.92. The minimum atomic E-state index is -0.309. The summed E-state index contributed by atoms with van der Waals surface area (Å²) in [5.41, 5.74) is 1.01. The number of aromatic nitrogens is 1. The highest BCUT2D eigenvalue weighted by Crippen LogP contribution is 2.15. The number of carbonyl (C=O) groups is 1. The van der Waals surface area contributed by atoms with Crippen molar-refractivity contribution in [2.75, 3.05) is 10.6 Å². The standard InChI is InChI=1S/C17H10N6O/c18-8-13(9-19)16(10-20)22-14-5-3-12(4-6-14)17(24)23-15-2-1-7-21-11-15/h1-7,11,22H,(H,23,24). The van der Waals surface area contributed by atoms with E-state index in [1.807, 2.05) is 0 Å². The quantitative estimate of drug-likeness (QED) is 0.835. The molecule has 1 aromatic heterocycles. The molecule has 0 unspecified atom stereocenters. The van der Waals surface area contributed by atoms with Crippen LogP contribution >= 0.6 is 0 Å². The fourth-order valence-corrected chi connectivity index (χ4v) is 1.77. The molecule has 0 fully saturated rings. The van der Waals surface area contributed by atoms with Gasteiger partial charge in [-0.25, -0.2) is 0 Å². The summed E-state index contributed by atoms with van der Waals surface area (Å²) in [7, 11) is 0. The molecule has 0 saturated carbocycles. The molecule has 1 heterocycles. The summed E-state index contributed by atoms with van der Waals surface area (Å²) in [6.45, 7) is 0.